The number of nitrogens with zero attached hydrogens (tertiary/aromatic N) is 2. The Morgan fingerprint density at radius 1 is 1.60 bits per heavy atom. The van der Waals surface area contributed by atoms with Gasteiger partial charge in [-0.3, -0.25) is 4.79 Å². The van der Waals surface area contributed by atoms with E-state index in [1.165, 1.54) is 6.20 Å². The van der Waals surface area contributed by atoms with Gasteiger partial charge in [0.2, 0.25) is 5.91 Å². The van der Waals surface area contributed by atoms with E-state index in [0.717, 1.165) is 6.07 Å². The maximum Gasteiger partial charge on any atom is 0.280 e. The average molecular weight is 213 g/mol. The molecular weight excluding hydrogens is 204 g/mol. The Bertz CT molecular complexity index is 397. The van der Waals surface area contributed by atoms with E-state index in [-0.39, 0.29) is 23.4 Å². The summed E-state index contributed by atoms with van der Waals surface area (Å²) in [5.41, 5.74) is 4.77. The largest absolute Gasteiger partial charge is 0.369 e. The fourth-order valence-corrected chi connectivity index (χ4v) is 1.48. The van der Waals surface area contributed by atoms with E-state index >= 15 is 0 Å². The van der Waals surface area contributed by atoms with Gasteiger partial charge in [0.1, 0.15) is 11.5 Å². The highest BCUT2D eigenvalue weighted by Gasteiger charge is 2.45. The fourth-order valence-electron chi connectivity index (χ4n) is 1.48. The standard InChI is InChI=1S/C9H9F2N3O/c10-7(11)6-1-2-13-9(14-6)5-3-4(5)8(12)15/h1-2,4-5,7H,3H2,(H2,12,15). The SMILES string of the molecule is NC(=O)C1CC1c1nccc(C(F)F)n1. The molecule has 0 spiro atoms. The predicted molar refractivity (Wildman–Crippen MR) is 47.0 cm³/mol. The van der Waals surface area contributed by atoms with Crippen LogP contribution in [-0.4, -0.2) is 15.9 Å². The molecule has 2 unspecified atom stereocenters. The summed E-state index contributed by atoms with van der Waals surface area (Å²) in [6.07, 6.45) is -0.778. The van der Waals surface area contributed by atoms with Crippen molar-refractivity contribution in [2.24, 2.45) is 11.7 Å². The van der Waals surface area contributed by atoms with E-state index in [9.17, 15) is 13.6 Å². The van der Waals surface area contributed by atoms with Gasteiger partial charge in [-0.15, -0.1) is 0 Å². The van der Waals surface area contributed by atoms with Gasteiger partial charge in [-0.05, 0) is 12.5 Å². The Hall–Kier alpha value is -1.59. The number of primary amides is 1. The van der Waals surface area contributed by atoms with Gasteiger partial charge in [0.25, 0.3) is 6.43 Å². The zero-order valence-corrected chi connectivity index (χ0v) is 7.73. The molecule has 1 amide bonds. The summed E-state index contributed by atoms with van der Waals surface area (Å²) < 4.78 is 24.6. The Morgan fingerprint density at radius 2 is 2.33 bits per heavy atom. The molecule has 1 aromatic rings. The highest BCUT2D eigenvalue weighted by molar-refractivity contribution is 5.80. The second kappa shape index (κ2) is 3.52. The summed E-state index contributed by atoms with van der Waals surface area (Å²) in [6.45, 7) is 0. The molecule has 1 fully saturated rings. The lowest BCUT2D eigenvalue weighted by molar-refractivity contribution is -0.119. The summed E-state index contributed by atoms with van der Waals surface area (Å²) in [5, 5.41) is 0. The minimum absolute atomic E-state index is 0.179. The minimum Gasteiger partial charge on any atom is -0.369 e. The third-order valence-corrected chi connectivity index (χ3v) is 2.41. The van der Waals surface area contributed by atoms with Gasteiger partial charge in [-0.1, -0.05) is 0 Å². The highest BCUT2D eigenvalue weighted by Crippen LogP contribution is 2.45. The first kappa shape index (κ1) is 9.95. The number of nitrogens with two attached hydrogens (primary N) is 1. The zero-order valence-electron chi connectivity index (χ0n) is 7.73. The highest BCUT2D eigenvalue weighted by atomic mass is 19.3. The molecule has 1 saturated carbocycles. The van der Waals surface area contributed by atoms with Crippen LogP contribution >= 0.6 is 0 Å². The number of halogens is 2. The molecule has 80 valence electrons. The summed E-state index contributed by atoms with van der Waals surface area (Å²) in [5.74, 6) is -0.609. The topological polar surface area (TPSA) is 68.9 Å². The molecule has 6 heteroatoms. The molecule has 0 radical (unpaired) electrons. The van der Waals surface area contributed by atoms with E-state index in [2.05, 4.69) is 9.97 Å². The Labute approximate surface area is 84.5 Å². The van der Waals surface area contributed by atoms with Crippen LogP contribution in [0.1, 0.15) is 30.3 Å². The van der Waals surface area contributed by atoms with Crippen LogP contribution in [0.2, 0.25) is 0 Å². The van der Waals surface area contributed by atoms with Gasteiger partial charge < -0.3 is 5.73 Å². The van der Waals surface area contributed by atoms with E-state index in [4.69, 9.17) is 5.73 Å². The third kappa shape index (κ3) is 1.93. The van der Waals surface area contributed by atoms with E-state index in [1.54, 1.807) is 0 Å². The number of carbonyl (C=O) groups is 1. The van der Waals surface area contributed by atoms with Crippen LogP contribution < -0.4 is 5.73 Å². The number of carbonyl (C=O) groups excluding carboxylic acids is 1. The van der Waals surface area contributed by atoms with Gasteiger partial charge >= 0.3 is 0 Å². The van der Waals surface area contributed by atoms with Gasteiger partial charge in [0, 0.05) is 18.0 Å². The maximum absolute atomic E-state index is 12.3. The number of hydrogen-bond donors (Lipinski definition) is 1. The number of aromatic nitrogens is 2. The number of rotatable bonds is 3. The van der Waals surface area contributed by atoms with Gasteiger partial charge in [-0.2, -0.15) is 0 Å². The van der Waals surface area contributed by atoms with Gasteiger partial charge in [0.05, 0.1) is 0 Å². The lowest BCUT2D eigenvalue weighted by Crippen LogP contribution is -2.14. The molecule has 0 aliphatic heterocycles. The minimum atomic E-state index is -2.61. The monoisotopic (exact) mass is 213 g/mol. The van der Waals surface area contributed by atoms with Crippen LogP contribution in [0.3, 0.4) is 0 Å². The van der Waals surface area contributed by atoms with Crippen LogP contribution in [0.15, 0.2) is 12.3 Å². The van der Waals surface area contributed by atoms with Crippen molar-refractivity contribution in [1.82, 2.24) is 9.97 Å². The summed E-state index contributed by atoms with van der Waals surface area (Å²) in [7, 11) is 0. The molecule has 0 aromatic carbocycles. The molecule has 1 heterocycles. The number of amides is 1. The van der Waals surface area contributed by atoms with Crippen molar-refractivity contribution in [2.75, 3.05) is 0 Å². The molecular formula is C9H9F2N3O. The number of alkyl halides is 2. The molecule has 15 heavy (non-hydrogen) atoms. The van der Waals surface area contributed by atoms with E-state index < -0.39 is 12.3 Å². The fraction of sp³-hybridized carbons (Fsp3) is 0.444. The second-order valence-corrected chi connectivity index (χ2v) is 3.49. The molecule has 1 aliphatic rings. The zero-order chi connectivity index (χ0) is 11.0. The van der Waals surface area contributed by atoms with Crippen molar-refractivity contribution >= 4 is 5.91 Å². The predicted octanol–water partition coefficient (Wildman–Crippen LogP) is 1.00. The van der Waals surface area contributed by atoms with E-state index in [0.29, 0.717) is 6.42 Å². The van der Waals surface area contributed by atoms with Crippen molar-refractivity contribution < 1.29 is 13.6 Å². The molecule has 4 nitrogen and oxygen atoms in total. The van der Waals surface area contributed by atoms with Crippen molar-refractivity contribution in [1.29, 1.82) is 0 Å². The van der Waals surface area contributed by atoms with Crippen LogP contribution in [0.4, 0.5) is 8.78 Å². The molecule has 2 rings (SSSR count). The Balaban J connectivity index is 2.17. The Kier molecular flexibility index (Phi) is 2.34. The second-order valence-electron chi connectivity index (χ2n) is 3.49. The van der Waals surface area contributed by atoms with Crippen LogP contribution in [-0.2, 0) is 4.79 Å². The molecule has 0 saturated heterocycles. The smallest absolute Gasteiger partial charge is 0.280 e. The summed E-state index contributed by atoms with van der Waals surface area (Å²) in [4.78, 5) is 18.3. The number of hydrogen-bond acceptors (Lipinski definition) is 3. The van der Waals surface area contributed by atoms with Gasteiger partial charge in [0.15, 0.2) is 0 Å². The van der Waals surface area contributed by atoms with Crippen molar-refractivity contribution in [3.63, 3.8) is 0 Å². The first-order chi connectivity index (χ1) is 7.09. The van der Waals surface area contributed by atoms with Crippen LogP contribution in [0.25, 0.3) is 0 Å². The molecule has 1 aromatic heterocycles. The Morgan fingerprint density at radius 3 is 2.87 bits per heavy atom. The van der Waals surface area contributed by atoms with Crippen molar-refractivity contribution in [3.05, 3.63) is 23.8 Å². The first-order valence-electron chi connectivity index (χ1n) is 4.50. The normalized spacial score (nSPS) is 24.2. The average Bonchev–Trinajstić information content (AvgIpc) is 2.97. The molecule has 0 bridgehead atoms. The summed E-state index contributed by atoms with van der Waals surface area (Å²) in [6, 6.07) is 1.16. The summed E-state index contributed by atoms with van der Waals surface area (Å²) >= 11 is 0. The molecule has 2 N–H and O–H groups in total. The van der Waals surface area contributed by atoms with Gasteiger partial charge in [-0.25, -0.2) is 18.7 Å². The maximum atomic E-state index is 12.3. The molecule has 1 aliphatic carbocycles. The quantitative estimate of drug-likeness (QED) is 0.814. The van der Waals surface area contributed by atoms with Crippen LogP contribution in [0.5, 0.6) is 0 Å². The van der Waals surface area contributed by atoms with E-state index in [1.807, 2.05) is 0 Å². The lowest BCUT2D eigenvalue weighted by atomic mass is 10.3. The lowest BCUT2D eigenvalue weighted by Gasteiger charge is -2.01. The third-order valence-electron chi connectivity index (χ3n) is 2.41. The van der Waals surface area contributed by atoms with Crippen LogP contribution in [0, 0.1) is 5.92 Å². The first-order valence-corrected chi connectivity index (χ1v) is 4.50. The molecule has 2 atom stereocenters. The van der Waals surface area contributed by atoms with Crippen molar-refractivity contribution in [2.45, 2.75) is 18.8 Å². The van der Waals surface area contributed by atoms with Crippen molar-refractivity contribution in [3.8, 4) is 0 Å².